The number of unbranched alkanes of at least 4 members (excludes halogenated alkanes) is 5. The minimum Gasteiger partial charge on any atom is -0.379 e. The maximum Gasteiger partial charge on any atom is 0.0704 e. The highest BCUT2D eigenvalue weighted by Crippen LogP contribution is 2.06. The van der Waals surface area contributed by atoms with E-state index in [1.807, 2.05) is 0 Å². The average molecular weight is 610 g/mol. The number of hydrogen-bond acceptors (Lipinski definition) is 11. The first-order valence-electron chi connectivity index (χ1n) is 16.5. The zero-order chi connectivity index (χ0) is 29.9. The van der Waals surface area contributed by atoms with Gasteiger partial charge < -0.3 is 52.7 Å². The predicted octanol–water partition coefficient (Wildman–Crippen LogP) is 3.26. The summed E-state index contributed by atoms with van der Waals surface area (Å²) in [6.45, 7) is 15.4. The third-order valence-corrected chi connectivity index (χ3v) is 6.49. The highest BCUT2D eigenvalue weighted by molar-refractivity contribution is 4.67. The van der Waals surface area contributed by atoms with Crippen LogP contribution in [0.2, 0.25) is 0 Å². The van der Waals surface area contributed by atoms with Crippen molar-refractivity contribution in [1.29, 1.82) is 0 Å². The summed E-state index contributed by atoms with van der Waals surface area (Å²) in [6, 6.07) is 0. The molecule has 1 N–H and O–H groups in total. The Labute approximate surface area is 255 Å². The lowest BCUT2D eigenvalue weighted by molar-refractivity contribution is -0.0321. The summed E-state index contributed by atoms with van der Waals surface area (Å²) in [7, 11) is 0. The van der Waals surface area contributed by atoms with Crippen molar-refractivity contribution in [2.75, 3.05) is 139 Å². The van der Waals surface area contributed by atoms with E-state index in [1.54, 1.807) is 0 Å². The second kappa shape index (κ2) is 35.0. The Morgan fingerprint density at radius 1 is 0.381 bits per heavy atom. The van der Waals surface area contributed by atoms with E-state index >= 15 is 0 Å². The van der Waals surface area contributed by atoms with Gasteiger partial charge in [0.05, 0.1) is 125 Å². The monoisotopic (exact) mass is 609 g/mol. The van der Waals surface area contributed by atoms with Gasteiger partial charge in [0.1, 0.15) is 0 Å². The SMILES string of the molecule is CCCCCCCCOCCOCCOCCOCCOCCOCCOCCOCCOCCOC1CCNCC1. The van der Waals surface area contributed by atoms with Crippen LogP contribution in [-0.4, -0.2) is 145 Å². The van der Waals surface area contributed by atoms with Crippen molar-refractivity contribution in [2.24, 2.45) is 0 Å². The molecule has 11 nitrogen and oxygen atoms in total. The summed E-state index contributed by atoms with van der Waals surface area (Å²) in [5.41, 5.74) is 0. The molecule has 0 radical (unpaired) electrons. The van der Waals surface area contributed by atoms with E-state index in [9.17, 15) is 0 Å². The molecule has 0 aromatic rings. The molecular weight excluding hydrogens is 546 g/mol. The normalized spacial score (nSPS) is 14.2. The highest BCUT2D eigenvalue weighted by atomic mass is 16.6. The Morgan fingerprint density at radius 3 is 1.07 bits per heavy atom. The minimum atomic E-state index is 0.378. The zero-order valence-electron chi connectivity index (χ0n) is 26.7. The zero-order valence-corrected chi connectivity index (χ0v) is 26.7. The molecule has 1 heterocycles. The molecule has 1 rings (SSSR count). The Kier molecular flexibility index (Phi) is 33.0. The Balaban J connectivity index is 1.60. The van der Waals surface area contributed by atoms with Gasteiger partial charge in [0.25, 0.3) is 0 Å². The van der Waals surface area contributed by atoms with Gasteiger partial charge >= 0.3 is 0 Å². The number of piperidine rings is 1. The maximum atomic E-state index is 5.79. The molecule has 0 aromatic heterocycles. The lowest BCUT2D eigenvalue weighted by atomic mass is 10.1. The summed E-state index contributed by atoms with van der Waals surface area (Å²) < 4.78 is 55.4. The minimum absolute atomic E-state index is 0.378. The van der Waals surface area contributed by atoms with Crippen LogP contribution in [0.1, 0.15) is 58.3 Å². The fraction of sp³-hybridized carbons (Fsp3) is 1.00. The van der Waals surface area contributed by atoms with Crippen LogP contribution >= 0.6 is 0 Å². The van der Waals surface area contributed by atoms with Crippen LogP contribution in [-0.2, 0) is 47.4 Å². The lowest BCUT2D eigenvalue weighted by Crippen LogP contribution is -2.33. The van der Waals surface area contributed by atoms with Gasteiger partial charge in [0, 0.05) is 6.61 Å². The Hall–Kier alpha value is -0.440. The average Bonchev–Trinajstić information content (AvgIpc) is 3.01. The molecule has 1 aliphatic heterocycles. The standard InChI is InChI=1S/C31H63NO10/c1-2-3-4-5-6-7-12-33-13-14-34-15-16-35-17-18-36-19-20-37-21-22-38-23-24-39-25-26-40-27-28-41-29-30-42-31-8-10-32-11-9-31/h31-32H,2-30H2,1H3. The van der Waals surface area contributed by atoms with Crippen LogP contribution in [0.3, 0.4) is 0 Å². The highest BCUT2D eigenvalue weighted by Gasteiger charge is 2.12. The van der Waals surface area contributed by atoms with Crippen LogP contribution in [0.4, 0.5) is 0 Å². The molecule has 0 aliphatic carbocycles. The summed E-state index contributed by atoms with van der Waals surface area (Å²) in [4.78, 5) is 0. The topological polar surface area (TPSA) is 104 Å². The lowest BCUT2D eigenvalue weighted by Gasteiger charge is -2.22. The third kappa shape index (κ3) is 31.0. The second-order valence-corrected chi connectivity index (χ2v) is 10.1. The van der Waals surface area contributed by atoms with Gasteiger partial charge in [-0.15, -0.1) is 0 Å². The quantitative estimate of drug-likeness (QED) is 0.107. The van der Waals surface area contributed by atoms with Crippen molar-refractivity contribution < 1.29 is 47.4 Å². The molecule has 42 heavy (non-hydrogen) atoms. The van der Waals surface area contributed by atoms with E-state index in [4.69, 9.17) is 47.4 Å². The largest absolute Gasteiger partial charge is 0.379 e. The molecular formula is C31H63NO10. The summed E-state index contributed by atoms with van der Waals surface area (Å²) in [5, 5.41) is 3.33. The molecule has 0 amide bonds. The van der Waals surface area contributed by atoms with Crippen molar-refractivity contribution in [3.05, 3.63) is 0 Å². The number of nitrogens with one attached hydrogen (secondary N) is 1. The van der Waals surface area contributed by atoms with Gasteiger partial charge in [-0.2, -0.15) is 0 Å². The van der Waals surface area contributed by atoms with E-state index in [0.717, 1.165) is 39.0 Å². The van der Waals surface area contributed by atoms with Crippen LogP contribution in [0.15, 0.2) is 0 Å². The molecule has 1 aliphatic rings. The molecule has 1 fully saturated rings. The third-order valence-electron chi connectivity index (χ3n) is 6.49. The molecule has 0 spiro atoms. The van der Waals surface area contributed by atoms with Crippen molar-refractivity contribution >= 4 is 0 Å². The van der Waals surface area contributed by atoms with Crippen LogP contribution in [0, 0.1) is 0 Å². The van der Waals surface area contributed by atoms with Gasteiger partial charge in [0.15, 0.2) is 0 Å². The molecule has 0 bridgehead atoms. The van der Waals surface area contributed by atoms with Gasteiger partial charge in [-0.1, -0.05) is 39.0 Å². The van der Waals surface area contributed by atoms with Gasteiger partial charge in [-0.25, -0.2) is 0 Å². The number of rotatable bonds is 35. The van der Waals surface area contributed by atoms with Gasteiger partial charge in [-0.3, -0.25) is 0 Å². The molecule has 252 valence electrons. The first-order chi connectivity index (χ1) is 20.9. The van der Waals surface area contributed by atoms with E-state index in [0.29, 0.717) is 125 Å². The summed E-state index contributed by atoms with van der Waals surface area (Å²) in [6.07, 6.45) is 10.3. The fourth-order valence-corrected chi connectivity index (χ4v) is 4.08. The molecule has 0 aromatic carbocycles. The summed E-state index contributed by atoms with van der Waals surface area (Å²) >= 11 is 0. The van der Waals surface area contributed by atoms with E-state index in [1.165, 1.54) is 32.1 Å². The van der Waals surface area contributed by atoms with Crippen LogP contribution < -0.4 is 5.32 Å². The molecule has 0 saturated carbocycles. The Morgan fingerprint density at radius 2 is 0.690 bits per heavy atom. The second-order valence-electron chi connectivity index (χ2n) is 10.1. The van der Waals surface area contributed by atoms with Crippen LogP contribution in [0.25, 0.3) is 0 Å². The first kappa shape index (κ1) is 39.6. The van der Waals surface area contributed by atoms with Crippen molar-refractivity contribution in [1.82, 2.24) is 5.32 Å². The number of ether oxygens (including phenoxy) is 10. The summed E-state index contributed by atoms with van der Waals surface area (Å²) in [5.74, 6) is 0. The van der Waals surface area contributed by atoms with E-state index in [-0.39, 0.29) is 0 Å². The molecule has 11 heteroatoms. The van der Waals surface area contributed by atoms with E-state index in [2.05, 4.69) is 12.2 Å². The Bertz CT molecular complexity index is 500. The van der Waals surface area contributed by atoms with Crippen molar-refractivity contribution in [3.8, 4) is 0 Å². The molecule has 0 unspecified atom stereocenters. The smallest absolute Gasteiger partial charge is 0.0704 e. The van der Waals surface area contributed by atoms with Crippen molar-refractivity contribution in [2.45, 2.75) is 64.4 Å². The van der Waals surface area contributed by atoms with Crippen LogP contribution in [0.5, 0.6) is 0 Å². The molecule has 0 atom stereocenters. The maximum absolute atomic E-state index is 5.79. The fourth-order valence-electron chi connectivity index (χ4n) is 4.08. The number of hydrogen-bond donors (Lipinski definition) is 1. The predicted molar refractivity (Wildman–Crippen MR) is 163 cm³/mol. The van der Waals surface area contributed by atoms with Crippen molar-refractivity contribution in [3.63, 3.8) is 0 Å². The van der Waals surface area contributed by atoms with E-state index < -0.39 is 0 Å². The van der Waals surface area contributed by atoms with Gasteiger partial charge in [-0.05, 0) is 32.4 Å². The first-order valence-corrected chi connectivity index (χ1v) is 16.5. The molecule has 1 saturated heterocycles. The van der Waals surface area contributed by atoms with Gasteiger partial charge in [0.2, 0.25) is 0 Å².